The molecule has 188 valence electrons. The number of esters is 1. The van der Waals surface area contributed by atoms with Crippen LogP contribution in [0.5, 0.6) is 0 Å². The molecule has 11 heteroatoms. The second-order valence-electron chi connectivity index (χ2n) is 9.25. The Balaban J connectivity index is 1.51. The molecule has 2 aliphatic rings. The summed E-state index contributed by atoms with van der Waals surface area (Å²) in [6.07, 6.45) is 3.72. The van der Waals surface area contributed by atoms with E-state index in [1.165, 1.54) is 23.3 Å². The monoisotopic (exact) mass is 485 g/mol. The van der Waals surface area contributed by atoms with Crippen LogP contribution in [0.4, 0.5) is 5.82 Å². The molecule has 0 radical (unpaired) electrons. The van der Waals surface area contributed by atoms with Gasteiger partial charge in [0.15, 0.2) is 5.82 Å². The van der Waals surface area contributed by atoms with Gasteiger partial charge in [0.25, 0.3) is 0 Å². The molecule has 2 aromatic heterocycles. The molecule has 11 nitrogen and oxygen atoms in total. The highest BCUT2D eigenvalue weighted by molar-refractivity contribution is 5.93. The van der Waals surface area contributed by atoms with Crippen LogP contribution in [0.3, 0.4) is 0 Å². The first-order valence-electron chi connectivity index (χ1n) is 12.1. The first kappa shape index (κ1) is 25.0. The molecule has 1 aliphatic heterocycles. The van der Waals surface area contributed by atoms with Gasteiger partial charge in [-0.05, 0) is 37.3 Å². The van der Waals surface area contributed by atoms with Gasteiger partial charge in [-0.25, -0.2) is 9.50 Å². The fraction of sp³-hybridized carbons (Fsp3) is 0.625. The summed E-state index contributed by atoms with van der Waals surface area (Å²) in [5.74, 6) is -0.0502. The van der Waals surface area contributed by atoms with Crippen LogP contribution in [-0.2, 0) is 24.7 Å². The number of carbonyl (C=O) groups is 2. The number of aliphatic hydroxyl groups is 2. The Kier molecular flexibility index (Phi) is 7.64. The van der Waals surface area contributed by atoms with Gasteiger partial charge in [-0.2, -0.15) is 10.4 Å². The van der Waals surface area contributed by atoms with E-state index in [1.54, 1.807) is 6.07 Å². The number of carbonyl (C=O) groups excluding carboxylic acids is 2. The van der Waals surface area contributed by atoms with Crippen LogP contribution in [0.2, 0.25) is 0 Å². The maximum atomic E-state index is 12.3. The molecule has 3 heterocycles. The summed E-state index contributed by atoms with van der Waals surface area (Å²) < 4.78 is 12.6. The third kappa shape index (κ3) is 5.00. The van der Waals surface area contributed by atoms with Gasteiger partial charge in [-0.3, -0.25) is 9.59 Å². The minimum absolute atomic E-state index is 0.158. The number of anilines is 1. The molecule has 0 spiro atoms. The number of aliphatic hydroxyl groups excluding tert-OH is 2. The number of ether oxygens (including phenoxy) is 2. The summed E-state index contributed by atoms with van der Waals surface area (Å²) in [6, 6.07) is 5.09. The van der Waals surface area contributed by atoms with Crippen molar-refractivity contribution in [3.8, 4) is 6.07 Å². The first-order valence-corrected chi connectivity index (χ1v) is 12.1. The average molecular weight is 486 g/mol. The highest BCUT2D eigenvalue weighted by atomic mass is 16.6. The number of hydrogen-bond donors (Lipinski definition) is 3. The van der Waals surface area contributed by atoms with Crippen LogP contribution in [0, 0.1) is 17.2 Å². The number of fused-ring (bicyclic) bond motifs is 1. The van der Waals surface area contributed by atoms with Gasteiger partial charge in [0.1, 0.15) is 42.8 Å². The Bertz CT molecular complexity index is 1110. The van der Waals surface area contributed by atoms with Gasteiger partial charge in [0, 0.05) is 12.8 Å². The van der Waals surface area contributed by atoms with Gasteiger partial charge < -0.3 is 25.0 Å². The topological polar surface area (TPSA) is 159 Å². The molecule has 0 aromatic carbocycles. The second-order valence-corrected chi connectivity index (χ2v) is 9.25. The predicted molar refractivity (Wildman–Crippen MR) is 123 cm³/mol. The van der Waals surface area contributed by atoms with Gasteiger partial charge in [0.05, 0.1) is 5.69 Å². The lowest BCUT2D eigenvalue weighted by atomic mass is 9.87. The lowest BCUT2D eigenvalue weighted by Crippen LogP contribution is -2.41. The average Bonchev–Trinajstić information content (AvgIpc) is 3.39. The van der Waals surface area contributed by atoms with E-state index in [9.17, 15) is 25.1 Å². The fourth-order valence-electron chi connectivity index (χ4n) is 4.91. The van der Waals surface area contributed by atoms with E-state index >= 15 is 0 Å². The molecular formula is C24H31N5O6. The van der Waals surface area contributed by atoms with Crippen LogP contribution in [0.1, 0.15) is 64.0 Å². The van der Waals surface area contributed by atoms with Crippen LogP contribution in [0.25, 0.3) is 5.52 Å². The van der Waals surface area contributed by atoms with Crippen LogP contribution < -0.4 is 5.32 Å². The number of rotatable bonds is 8. The number of nitriles is 1. The van der Waals surface area contributed by atoms with E-state index in [2.05, 4.69) is 15.4 Å². The van der Waals surface area contributed by atoms with Gasteiger partial charge >= 0.3 is 5.97 Å². The SMILES string of the molecule is CCCC(=O)Nc1ncnn2c([C@]3(C#N)O[C@H](COC(=O)CC4CCCCC4)[C@@H](O)[C@H]3O)ccc12. The van der Waals surface area contributed by atoms with Gasteiger partial charge in [-0.15, -0.1) is 0 Å². The highest BCUT2D eigenvalue weighted by Crippen LogP contribution is 2.40. The van der Waals surface area contributed by atoms with Crippen molar-refractivity contribution in [3.05, 3.63) is 24.2 Å². The van der Waals surface area contributed by atoms with Gasteiger partial charge in [-0.1, -0.05) is 26.2 Å². The van der Waals surface area contributed by atoms with Crippen molar-refractivity contribution < 1.29 is 29.3 Å². The maximum Gasteiger partial charge on any atom is 0.306 e. The zero-order valence-corrected chi connectivity index (χ0v) is 19.7. The molecule has 0 unspecified atom stereocenters. The molecule has 4 rings (SSSR count). The molecule has 1 saturated heterocycles. The lowest BCUT2D eigenvalue weighted by Gasteiger charge is -2.24. The molecule has 4 atom stereocenters. The quantitative estimate of drug-likeness (QED) is 0.474. The third-order valence-corrected chi connectivity index (χ3v) is 6.78. The molecule has 1 aliphatic carbocycles. The van der Waals surface area contributed by atoms with Crippen molar-refractivity contribution in [2.45, 2.75) is 82.2 Å². The number of nitrogens with one attached hydrogen (secondary N) is 1. The van der Waals surface area contributed by atoms with Crippen molar-refractivity contribution in [1.29, 1.82) is 5.26 Å². The lowest BCUT2D eigenvalue weighted by molar-refractivity contribution is -0.152. The molecule has 1 amide bonds. The summed E-state index contributed by atoms with van der Waals surface area (Å²) in [5, 5.41) is 38.4. The molecule has 2 fully saturated rings. The highest BCUT2D eigenvalue weighted by Gasteiger charge is 2.57. The minimum atomic E-state index is -1.97. The number of hydrogen-bond acceptors (Lipinski definition) is 9. The first-order chi connectivity index (χ1) is 16.9. The fourth-order valence-corrected chi connectivity index (χ4v) is 4.91. The normalized spacial score (nSPS) is 27.0. The van der Waals surface area contributed by atoms with Crippen molar-refractivity contribution in [2.75, 3.05) is 11.9 Å². The summed E-state index contributed by atoms with van der Waals surface area (Å²) in [7, 11) is 0. The van der Waals surface area contributed by atoms with E-state index in [0.717, 1.165) is 25.7 Å². The molecule has 1 saturated carbocycles. The van der Waals surface area contributed by atoms with Crippen LogP contribution in [-0.4, -0.2) is 61.6 Å². The number of nitrogens with zero attached hydrogens (tertiary/aromatic N) is 4. The second kappa shape index (κ2) is 10.7. The Hall–Kier alpha value is -3.07. The van der Waals surface area contributed by atoms with Crippen molar-refractivity contribution in [3.63, 3.8) is 0 Å². The zero-order chi connectivity index (χ0) is 25.0. The summed E-state index contributed by atoms with van der Waals surface area (Å²) in [5.41, 5.74) is -1.41. The Morgan fingerprint density at radius 3 is 2.80 bits per heavy atom. The predicted octanol–water partition coefficient (Wildman–Crippen LogP) is 1.82. The molecule has 35 heavy (non-hydrogen) atoms. The van der Waals surface area contributed by atoms with Crippen molar-refractivity contribution >= 4 is 23.2 Å². The molecule has 2 aromatic rings. The van der Waals surface area contributed by atoms with Crippen LogP contribution >= 0.6 is 0 Å². The Morgan fingerprint density at radius 2 is 2.09 bits per heavy atom. The number of amides is 1. The van der Waals surface area contributed by atoms with E-state index in [4.69, 9.17) is 9.47 Å². The largest absolute Gasteiger partial charge is 0.463 e. The van der Waals surface area contributed by atoms with Gasteiger partial charge in [0.2, 0.25) is 11.5 Å². The third-order valence-electron chi connectivity index (χ3n) is 6.78. The van der Waals surface area contributed by atoms with E-state index in [1.807, 2.05) is 13.0 Å². The Morgan fingerprint density at radius 1 is 1.31 bits per heavy atom. The summed E-state index contributed by atoms with van der Waals surface area (Å²) in [4.78, 5) is 28.5. The van der Waals surface area contributed by atoms with E-state index in [-0.39, 0.29) is 30.0 Å². The minimum Gasteiger partial charge on any atom is -0.463 e. The standard InChI is InChI=1S/C24H31N5O6/c1-2-6-19(30)28-23-16-9-10-18(29(16)27-14-26-23)24(13-25)22(33)21(32)17(35-24)12-34-20(31)11-15-7-4-3-5-8-15/h9-10,14-15,17,21-22,32-33H,2-8,11-12H2,1H3,(H,26,27,28,30)/t17-,21-,22-,24+/m1/s1. The molecule has 0 bridgehead atoms. The van der Waals surface area contributed by atoms with Crippen LogP contribution in [0.15, 0.2) is 18.5 Å². The zero-order valence-electron chi connectivity index (χ0n) is 19.7. The smallest absolute Gasteiger partial charge is 0.306 e. The molecule has 3 N–H and O–H groups in total. The van der Waals surface area contributed by atoms with Crippen molar-refractivity contribution in [1.82, 2.24) is 14.6 Å². The maximum absolute atomic E-state index is 12.3. The van der Waals surface area contributed by atoms with E-state index in [0.29, 0.717) is 30.7 Å². The summed E-state index contributed by atoms with van der Waals surface area (Å²) >= 11 is 0. The number of aromatic nitrogens is 3. The van der Waals surface area contributed by atoms with Crippen molar-refractivity contribution in [2.24, 2.45) is 5.92 Å². The summed E-state index contributed by atoms with van der Waals surface area (Å²) in [6.45, 7) is 1.60. The van der Waals surface area contributed by atoms with E-state index < -0.39 is 23.9 Å². The Labute approximate surface area is 203 Å². The molecular weight excluding hydrogens is 454 g/mol.